The van der Waals surface area contributed by atoms with Crippen LogP contribution in [0.15, 0.2) is 36.5 Å². The van der Waals surface area contributed by atoms with Gasteiger partial charge < -0.3 is 64.2 Å². The fraction of sp³-hybridized carbons (Fsp3) is 0.855. The number of aliphatic hydroxyl groups is 7. The fourth-order valence-electron chi connectivity index (χ4n) is 8.54. The molecule has 0 aromatic carbocycles. The molecule has 11 atom stereocenters. The minimum atomic E-state index is -1.77. The Kier molecular flexibility index (Phi) is 38.4. The van der Waals surface area contributed by atoms with Crippen molar-refractivity contribution in [3.05, 3.63) is 36.5 Å². The number of ether oxygens (including phenoxy) is 6. The molecule has 7 N–H and O–H groups in total. The summed E-state index contributed by atoms with van der Waals surface area (Å²) in [7, 11) is 0. The summed E-state index contributed by atoms with van der Waals surface area (Å²) in [5, 5.41) is 72.2. The van der Waals surface area contributed by atoms with E-state index in [1.807, 2.05) is 0 Å². The number of hydrogen-bond donors (Lipinski definition) is 7. The van der Waals surface area contributed by atoms with Crippen molar-refractivity contribution in [2.24, 2.45) is 0 Å². The fourth-order valence-corrected chi connectivity index (χ4v) is 8.54. The lowest BCUT2D eigenvalue weighted by atomic mass is 9.98. The van der Waals surface area contributed by atoms with Crippen molar-refractivity contribution in [2.45, 2.75) is 274 Å². The van der Waals surface area contributed by atoms with Gasteiger partial charge in [0.1, 0.15) is 55.4 Å². The highest BCUT2D eigenvalue weighted by Gasteiger charge is 2.47. The van der Waals surface area contributed by atoms with E-state index < -0.39 is 92.7 Å². The molecule has 2 rings (SSSR count). The first-order valence-electron chi connectivity index (χ1n) is 27.6. The molecule has 0 aromatic rings. The summed E-state index contributed by atoms with van der Waals surface area (Å²) in [4.78, 5) is 25.8. The topological polar surface area (TPSA) is 231 Å². The average Bonchev–Trinajstić information content (AvgIpc) is 3.35. The zero-order valence-electron chi connectivity index (χ0n) is 43.3. The molecule has 0 saturated carbocycles. The number of hydrogen-bond acceptors (Lipinski definition) is 15. The zero-order chi connectivity index (χ0) is 51.0. The molecule has 0 bridgehead atoms. The summed E-state index contributed by atoms with van der Waals surface area (Å²) < 4.78 is 33.6. The van der Waals surface area contributed by atoms with Crippen LogP contribution < -0.4 is 0 Å². The van der Waals surface area contributed by atoms with Gasteiger partial charge in [-0.25, -0.2) is 0 Å². The Balaban J connectivity index is 1.77. The van der Waals surface area contributed by atoms with Gasteiger partial charge in [-0.1, -0.05) is 159 Å². The van der Waals surface area contributed by atoms with E-state index in [0.29, 0.717) is 12.8 Å². The van der Waals surface area contributed by atoms with Crippen LogP contribution in [0.5, 0.6) is 0 Å². The van der Waals surface area contributed by atoms with Crippen LogP contribution in [0.2, 0.25) is 0 Å². The minimum absolute atomic E-state index is 0.159. The van der Waals surface area contributed by atoms with E-state index in [2.05, 4.69) is 50.3 Å². The van der Waals surface area contributed by atoms with Crippen LogP contribution in [0, 0.1) is 0 Å². The molecular formula is C55H98O15. The standard InChI is InChI=1S/C55H98O15/c1-3-5-7-9-11-13-15-17-18-19-20-21-22-23-24-26-28-30-32-34-36-38-47(58)68-43(40-65-46(57)37-35-33-31-29-27-25-16-14-12-10-8-6-4-2)41-66-54-53(64)51(62)49(60)45(70-54)42-67-55-52(63)50(61)48(59)44(39-56)69-55/h14-17,19-20,43-45,48-56,59-64H,3-13,18,21-42H2,1-2H3/b16-14-,17-15-,20-19-. The summed E-state index contributed by atoms with van der Waals surface area (Å²) in [5.41, 5.74) is 0. The number of carbonyl (C=O) groups excluding carboxylic acids is 2. The number of allylic oxidation sites excluding steroid dienone is 6. The maximum atomic E-state index is 13.0. The molecule has 15 nitrogen and oxygen atoms in total. The first kappa shape index (κ1) is 63.8. The summed E-state index contributed by atoms with van der Waals surface area (Å²) in [5.74, 6) is -0.936. The molecule has 2 fully saturated rings. The molecule has 2 aliphatic heterocycles. The quantitative estimate of drug-likeness (QED) is 0.0173. The Morgan fingerprint density at radius 1 is 0.457 bits per heavy atom. The third kappa shape index (κ3) is 29.4. The number of aliphatic hydroxyl groups excluding tert-OH is 7. The predicted molar refractivity (Wildman–Crippen MR) is 270 cm³/mol. The molecule has 0 radical (unpaired) electrons. The van der Waals surface area contributed by atoms with Crippen LogP contribution in [0.4, 0.5) is 0 Å². The highest BCUT2D eigenvalue weighted by Crippen LogP contribution is 2.26. The van der Waals surface area contributed by atoms with Crippen LogP contribution in [0.25, 0.3) is 0 Å². The molecule has 0 aromatic heterocycles. The molecule has 2 aliphatic rings. The maximum Gasteiger partial charge on any atom is 0.306 e. The number of rotatable bonds is 43. The second-order valence-electron chi connectivity index (χ2n) is 19.4. The first-order valence-corrected chi connectivity index (χ1v) is 27.6. The van der Waals surface area contributed by atoms with Gasteiger partial charge in [-0.3, -0.25) is 9.59 Å². The molecule has 0 aliphatic carbocycles. The molecular weight excluding hydrogens is 901 g/mol. The van der Waals surface area contributed by atoms with E-state index in [9.17, 15) is 45.3 Å². The molecule has 70 heavy (non-hydrogen) atoms. The second kappa shape index (κ2) is 42.1. The second-order valence-corrected chi connectivity index (χ2v) is 19.4. The Bertz CT molecular complexity index is 1360. The SMILES string of the molecule is CCCCCC/C=C\CCCCCCCC(=O)OCC(COC1OC(COC2OC(CO)C(O)C(O)C2O)C(O)C(O)C1O)OC(=O)CCCCCCCCCCC/C=C\C/C=C\CCCCCCC. The van der Waals surface area contributed by atoms with Crippen molar-refractivity contribution in [2.75, 3.05) is 26.4 Å². The van der Waals surface area contributed by atoms with Gasteiger partial charge >= 0.3 is 11.9 Å². The van der Waals surface area contributed by atoms with Gasteiger partial charge in [0, 0.05) is 12.8 Å². The number of unbranched alkanes of at least 4 members (excludes halogenated alkanes) is 23. The highest BCUT2D eigenvalue weighted by atomic mass is 16.7. The third-order valence-corrected chi connectivity index (χ3v) is 13.1. The van der Waals surface area contributed by atoms with Crippen LogP contribution in [0.3, 0.4) is 0 Å². The van der Waals surface area contributed by atoms with Crippen LogP contribution in [-0.4, -0.2) is 142 Å². The Labute approximate surface area is 421 Å². The molecule has 2 heterocycles. The van der Waals surface area contributed by atoms with Gasteiger partial charge in [-0.15, -0.1) is 0 Å². The predicted octanol–water partition coefficient (Wildman–Crippen LogP) is 8.49. The van der Waals surface area contributed by atoms with E-state index in [0.717, 1.165) is 77.0 Å². The molecule has 2 saturated heterocycles. The van der Waals surface area contributed by atoms with E-state index in [1.165, 1.54) is 89.9 Å². The summed E-state index contributed by atoms with van der Waals surface area (Å²) in [6, 6.07) is 0. The zero-order valence-corrected chi connectivity index (χ0v) is 43.3. The Morgan fingerprint density at radius 2 is 0.857 bits per heavy atom. The van der Waals surface area contributed by atoms with E-state index in [1.54, 1.807) is 0 Å². The van der Waals surface area contributed by atoms with E-state index in [-0.39, 0.29) is 26.1 Å². The third-order valence-electron chi connectivity index (χ3n) is 13.1. The van der Waals surface area contributed by atoms with Crippen LogP contribution in [0.1, 0.15) is 206 Å². The van der Waals surface area contributed by atoms with Crippen molar-refractivity contribution in [1.29, 1.82) is 0 Å². The van der Waals surface area contributed by atoms with Crippen molar-refractivity contribution in [3.63, 3.8) is 0 Å². The van der Waals surface area contributed by atoms with Gasteiger partial charge in [0.05, 0.1) is 19.8 Å². The normalized spacial score (nSPS) is 25.6. The summed E-state index contributed by atoms with van der Waals surface area (Å²) >= 11 is 0. The van der Waals surface area contributed by atoms with Gasteiger partial charge in [0.15, 0.2) is 18.7 Å². The van der Waals surface area contributed by atoms with Gasteiger partial charge in [-0.05, 0) is 70.6 Å². The summed E-state index contributed by atoms with van der Waals surface area (Å²) in [6.07, 6.45) is 28.8. The van der Waals surface area contributed by atoms with Crippen molar-refractivity contribution >= 4 is 11.9 Å². The van der Waals surface area contributed by atoms with Gasteiger partial charge in [-0.2, -0.15) is 0 Å². The number of esters is 2. The smallest absolute Gasteiger partial charge is 0.306 e. The summed E-state index contributed by atoms with van der Waals surface area (Å²) in [6.45, 7) is 2.56. The largest absolute Gasteiger partial charge is 0.462 e. The monoisotopic (exact) mass is 999 g/mol. The van der Waals surface area contributed by atoms with Gasteiger partial charge in [0.25, 0.3) is 0 Å². The molecule has 0 spiro atoms. The highest BCUT2D eigenvalue weighted by molar-refractivity contribution is 5.70. The Hall–Kier alpha value is -2.28. The lowest BCUT2D eigenvalue weighted by Gasteiger charge is -2.42. The molecule has 408 valence electrons. The molecule has 0 amide bonds. The van der Waals surface area contributed by atoms with Crippen LogP contribution >= 0.6 is 0 Å². The first-order chi connectivity index (χ1) is 34.0. The van der Waals surface area contributed by atoms with Crippen molar-refractivity contribution in [1.82, 2.24) is 0 Å². The lowest BCUT2D eigenvalue weighted by Crippen LogP contribution is -2.61. The Morgan fingerprint density at radius 3 is 1.36 bits per heavy atom. The molecule has 15 heteroatoms. The van der Waals surface area contributed by atoms with E-state index >= 15 is 0 Å². The lowest BCUT2D eigenvalue weighted by molar-refractivity contribution is -0.332. The van der Waals surface area contributed by atoms with Gasteiger partial charge in [0.2, 0.25) is 0 Å². The van der Waals surface area contributed by atoms with Crippen molar-refractivity contribution in [3.8, 4) is 0 Å². The van der Waals surface area contributed by atoms with Crippen molar-refractivity contribution < 1.29 is 73.8 Å². The van der Waals surface area contributed by atoms with Crippen LogP contribution in [-0.2, 0) is 38.0 Å². The minimum Gasteiger partial charge on any atom is -0.462 e. The molecule has 11 unspecified atom stereocenters. The average molecular weight is 999 g/mol. The number of carbonyl (C=O) groups is 2. The maximum absolute atomic E-state index is 13.0. The van der Waals surface area contributed by atoms with E-state index in [4.69, 9.17) is 28.4 Å².